The number of benzene rings is 1. The molecular formula is C20H26FN5. The van der Waals surface area contributed by atoms with Gasteiger partial charge in [-0.25, -0.2) is 4.39 Å². The molecule has 1 atom stereocenters. The van der Waals surface area contributed by atoms with Crippen molar-refractivity contribution < 1.29 is 4.39 Å². The van der Waals surface area contributed by atoms with E-state index >= 15 is 0 Å². The fourth-order valence-electron chi connectivity index (χ4n) is 3.28. The van der Waals surface area contributed by atoms with E-state index in [1.165, 1.54) is 25.0 Å². The first-order chi connectivity index (χ1) is 12.7. The first kappa shape index (κ1) is 18.5. The Labute approximate surface area is 154 Å². The van der Waals surface area contributed by atoms with Crippen molar-refractivity contribution in [2.75, 3.05) is 19.6 Å². The number of hydrogen-bond acceptors (Lipinski definition) is 4. The minimum absolute atomic E-state index is 0.206. The van der Waals surface area contributed by atoms with Gasteiger partial charge in [0.15, 0.2) is 0 Å². The molecule has 1 aromatic carbocycles. The molecule has 26 heavy (non-hydrogen) atoms. The summed E-state index contributed by atoms with van der Waals surface area (Å²) in [7, 11) is 0. The van der Waals surface area contributed by atoms with Gasteiger partial charge in [-0.2, -0.15) is 0 Å². The van der Waals surface area contributed by atoms with Crippen LogP contribution in [-0.4, -0.2) is 39.5 Å². The lowest BCUT2D eigenvalue weighted by Crippen LogP contribution is -2.37. The number of hydrogen-bond donors (Lipinski definition) is 1. The Morgan fingerprint density at radius 2 is 2.08 bits per heavy atom. The molecule has 2 aromatic rings. The van der Waals surface area contributed by atoms with E-state index in [9.17, 15) is 4.39 Å². The molecule has 0 aliphatic carbocycles. The van der Waals surface area contributed by atoms with Gasteiger partial charge < -0.3 is 5.73 Å². The van der Waals surface area contributed by atoms with E-state index in [1.807, 2.05) is 23.0 Å². The van der Waals surface area contributed by atoms with Crippen LogP contribution < -0.4 is 5.73 Å². The van der Waals surface area contributed by atoms with E-state index in [0.717, 1.165) is 37.4 Å². The average Bonchev–Trinajstić information content (AvgIpc) is 3.11. The highest BCUT2D eigenvalue weighted by Gasteiger charge is 2.19. The molecule has 6 heteroatoms. The predicted octanol–water partition coefficient (Wildman–Crippen LogP) is 2.86. The van der Waals surface area contributed by atoms with E-state index in [4.69, 9.17) is 5.73 Å². The maximum atomic E-state index is 12.9. The molecule has 1 unspecified atom stereocenters. The highest BCUT2D eigenvalue weighted by molar-refractivity contribution is 5.50. The molecule has 1 fully saturated rings. The molecule has 0 bridgehead atoms. The van der Waals surface area contributed by atoms with Gasteiger partial charge in [-0.3, -0.25) is 9.58 Å². The van der Waals surface area contributed by atoms with E-state index in [0.29, 0.717) is 12.5 Å². The van der Waals surface area contributed by atoms with Gasteiger partial charge in [0.25, 0.3) is 0 Å². The van der Waals surface area contributed by atoms with Crippen LogP contribution in [0.15, 0.2) is 48.7 Å². The second-order valence-electron chi connectivity index (χ2n) is 6.74. The first-order valence-corrected chi connectivity index (χ1v) is 9.13. The number of nitrogens with two attached hydrogens (primary N) is 1. The Balaban J connectivity index is 1.43. The van der Waals surface area contributed by atoms with Crippen LogP contribution >= 0.6 is 0 Å². The van der Waals surface area contributed by atoms with Crippen molar-refractivity contribution in [1.29, 1.82) is 0 Å². The molecule has 0 radical (unpaired) electrons. The third-order valence-corrected chi connectivity index (χ3v) is 4.61. The van der Waals surface area contributed by atoms with Crippen LogP contribution in [0.3, 0.4) is 0 Å². The van der Waals surface area contributed by atoms with Crippen molar-refractivity contribution in [2.45, 2.75) is 25.9 Å². The standard InChI is InChI=1S/C20H26FN5/c21-19-9-7-17(8-10-19)5-2-1-3-11-25-12-4-6-18(14-25)15-26-16-20(13-22)23-24-26/h1-3,5,7-10,16,18H,4,6,11-15,22H2. The van der Waals surface area contributed by atoms with Crippen molar-refractivity contribution in [3.63, 3.8) is 0 Å². The molecular weight excluding hydrogens is 329 g/mol. The summed E-state index contributed by atoms with van der Waals surface area (Å²) in [5, 5.41) is 8.20. The van der Waals surface area contributed by atoms with Crippen LogP contribution in [0.2, 0.25) is 0 Å². The summed E-state index contributed by atoms with van der Waals surface area (Å²) in [4.78, 5) is 2.47. The smallest absolute Gasteiger partial charge is 0.123 e. The van der Waals surface area contributed by atoms with Gasteiger partial charge in [-0.05, 0) is 43.0 Å². The number of halogens is 1. The van der Waals surface area contributed by atoms with Gasteiger partial charge in [0.2, 0.25) is 0 Å². The van der Waals surface area contributed by atoms with Gasteiger partial charge in [0.1, 0.15) is 5.82 Å². The van der Waals surface area contributed by atoms with E-state index < -0.39 is 0 Å². The lowest BCUT2D eigenvalue weighted by atomic mass is 9.98. The minimum Gasteiger partial charge on any atom is -0.325 e. The van der Waals surface area contributed by atoms with Gasteiger partial charge in [-0.15, -0.1) is 5.10 Å². The van der Waals surface area contributed by atoms with Gasteiger partial charge in [0.05, 0.1) is 5.69 Å². The molecule has 2 N–H and O–H groups in total. The summed E-state index contributed by atoms with van der Waals surface area (Å²) in [5.41, 5.74) is 7.43. The highest BCUT2D eigenvalue weighted by Crippen LogP contribution is 2.18. The lowest BCUT2D eigenvalue weighted by molar-refractivity contribution is 0.173. The van der Waals surface area contributed by atoms with E-state index in [-0.39, 0.29) is 5.82 Å². The number of nitrogens with zero attached hydrogens (tertiary/aromatic N) is 4. The third kappa shape index (κ3) is 5.61. The predicted molar refractivity (Wildman–Crippen MR) is 102 cm³/mol. The first-order valence-electron chi connectivity index (χ1n) is 9.13. The number of likely N-dealkylation sites (tertiary alicyclic amines) is 1. The summed E-state index contributed by atoms with van der Waals surface area (Å²) in [5.74, 6) is 0.390. The fourth-order valence-corrected chi connectivity index (χ4v) is 3.28. The van der Waals surface area contributed by atoms with Crippen LogP contribution in [-0.2, 0) is 13.1 Å². The Morgan fingerprint density at radius 3 is 2.85 bits per heavy atom. The topological polar surface area (TPSA) is 60.0 Å². The molecule has 1 aromatic heterocycles. The molecule has 1 aliphatic heterocycles. The zero-order valence-electron chi connectivity index (χ0n) is 15.0. The van der Waals surface area contributed by atoms with Crippen molar-refractivity contribution in [3.05, 3.63) is 65.8 Å². The Kier molecular flexibility index (Phi) is 6.68. The monoisotopic (exact) mass is 355 g/mol. The molecule has 1 saturated heterocycles. The van der Waals surface area contributed by atoms with Gasteiger partial charge >= 0.3 is 0 Å². The van der Waals surface area contributed by atoms with Crippen molar-refractivity contribution >= 4 is 6.08 Å². The summed E-state index contributed by atoms with van der Waals surface area (Å²) < 4.78 is 14.8. The van der Waals surface area contributed by atoms with Crippen LogP contribution in [0.1, 0.15) is 24.1 Å². The zero-order chi connectivity index (χ0) is 18.2. The Bertz CT molecular complexity index is 735. The molecule has 0 spiro atoms. The zero-order valence-corrected chi connectivity index (χ0v) is 15.0. The van der Waals surface area contributed by atoms with E-state index in [2.05, 4.69) is 27.4 Å². The van der Waals surface area contributed by atoms with Crippen molar-refractivity contribution in [1.82, 2.24) is 19.9 Å². The van der Waals surface area contributed by atoms with Crippen LogP contribution in [0.4, 0.5) is 4.39 Å². The second-order valence-corrected chi connectivity index (χ2v) is 6.74. The number of allylic oxidation sites excluding steroid dienone is 2. The third-order valence-electron chi connectivity index (χ3n) is 4.61. The normalized spacial score (nSPS) is 18.9. The van der Waals surface area contributed by atoms with Gasteiger partial charge in [-0.1, -0.05) is 41.7 Å². The van der Waals surface area contributed by atoms with Crippen LogP contribution in [0.25, 0.3) is 6.08 Å². The van der Waals surface area contributed by atoms with Gasteiger partial charge in [0, 0.05) is 32.4 Å². The van der Waals surface area contributed by atoms with Crippen LogP contribution in [0.5, 0.6) is 0 Å². The molecule has 1 aliphatic rings. The number of aromatic nitrogens is 3. The number of rotatable bonds is 7. The largest absolute Gasteiger partial charge is 0.325 e. The van der Waals surface area contributed by atoms with Crippen molar-refractivity contribution in [2.24, 2.45) is 11.7 Å². The Hall–Kier alpha value is -2.31. The molecule has 138 valence electrons. The van der Waals surface area contributed by atoms with Crippen LogP contribution in [0, 0.1) is 11.7 Å². The quantitative estimate of drug-likeness (QED) is 0.776. The molecule has 2 heterocycles. The summed E-state index contributed by atoms with van der Waals surface area (Å²) in [6, 6.07) is 6.50. The molecule has 0 amide bonds. The highest BCUT2D eigenvalue weighted by atomic mass is 19.1. The number of piperidine rings is 1. The minimum atomic E-state index is -0.206. The SMILES string of the molecule is NCc1cn(CC2CCCN(CC=CC=Cc3ccc(F)cc3)C2)nn1. The maximum absolute atomic E-state index is 12.9. The fraction of sp³-hybridized carbons (Fsp3) is 0.400. The summed E-state index contributed by atoms with van der Waals surface area (Å²) in [6.45, 7) is 4.48. The molecule has 5 nitrogen and oxygen atoms in total. The summed E-state index contributed by atoms with van der Waals surface area (Å²) in [6.07, 6.45) is 12.6. The average molecular weight is 355 g/mol. The lowest BCUT2D eigenvalue weighted by Gasteiger charge is -2.31. The molecule has 0 saturated carbocycles. The summed E-state index contributed by atoms with van der Waals surface area (Å²) >= 11 is 0. The second kappa shape index (κ2) is 9.40. The van der Waals surface area contributed by atoms with Crippen molar-refractivity contribution in [3.8, 4) is 0 Å². The maximum Gasteiger partial charge on any atom is 0.123 e. The Morgan fingerprint density at radius 1 is 1.23 bits per heavy atom. The van der Waals surface area contributed by atoms with E-state index in [1.54, 1.807) is 12.1 Å². The molecule has 3 rings (SSSR count).